The first kappa shape index (κ1) is 34.8. The van der Waals surface area contributed by atoms with Crippen molar-refractivity contribution < 1.29 is 23.8 Å². The highest BCUT2D eigenvalue weighted by atomic mass is 19.1. The number of benzene rings is 2. The number of hydrogen-bond donors (Lipinski definition) is 2. The Hall–Kier alpha value is -4.50. The monoisotopic (exact) mass is 654 g/mol. The topological polar surface area (TPSA) is 96.8 Å². The van der Waals surface area contributed by atoms with Crippen molar-refractivity contribution in [1.29, 1.82) is 0 Å². The molecule has 254 valence electrons. The third-order valence-corrected chi connectivity index (χ3v) is 8.66. The minimum absolute atomic E-state index is 0.173. The van der Waals surface area contributed by atoms with E-state index in [1.54, 1.807) is 18.3 Å². The molecule has 5 rings (SSSR count). The van der Waals surface area contributed by atoms with Gasteiger partial charge in [0.05, 0.1) is 17.9 Å². The summed E-state index contributed by atoms with van der Waals surface area (Å²) in [4.78, 5) is 24.9. The molecule has 0 amide bonds. The van der Waals surface area contributed by atoms with Crippen LogP contribution in [0.5, 0.6) is 5.75 Å². The molecule has 0 spiro atoms. The van der Waals surface area contributed by atoms with E-state index in [1.165, 1.54) is 12.1 Å². The van der Waals surface area contributed by atoms with Crippen LogP contribution in [0.15, 0.2) is 66.9 Å². The zero-order valence-electron chi connectivity index (χ0n) is 29.1. The van der Waals surface area contributed by atoms with Gasteiger partial charge in [-0.15, -0.1) is 0 Å². The molecule has 1 atom stereocenters. The van der Waals surface area contributed by atoms with Gasteiger partial charge in [0.15, 0.2) is 6.10 Å². The third kappa shape index (κ3) is 8.69. The molecule has 4 aromatic rings. The van der Waals surface area contributed by atoms with Crippen LogP contribution in [0.25, 0.3) is 11.1 Å². The Bertz CT molecular complexity index is 1710. The van der Waals surface area contributed by atoms with Crippen molar-refractivity contribution in [3.63, 3.8) is 0 Å². The Labute approximate surface area is 283 Å². The molecule has 0 bridgehead atoms. The summed E-state index contributed by atoms with van der Waals surface area (Å²) >= 11 is 0. The molecule has 1 fully saturated rings. The summed E-state index contributed by atoms with van der Waals surface area (Å²) < 4.78 is 25.6. The number of piperidine rings is 1. The van der Waals surface area contributed by atoms with Gasteiger partial charge in [0, 0.05) is 42.5 Å². The van der Waals surface area contributed by atoms with E-state index in [0.29, 0.717) is 41.7 Å². The number of anilines is 3. The largest absolute Gasteiger partial charge is 0.493 e. The van der Waals surface area contributed by atoms with Gasteiger partial charge >= 0.3 is 5.97 Å². The molecule has 3 heterocycles. The average molecular weight is 655 g/mol. The second kappa shape index (κ2) is 14.3. The Morgan fingerprint density at radius 1 is 1.02 bits per heavy atom. The highest BCUT2D eigenvalue weighted by molar-refractivity contribution is 5.93. The minimum Gasteiger partial charge on any atom is -0.493 e. The van der Waals surface area contributed by atoms with Gasteiger partial charge in [0.25, 0.3) is 0 Å². The maximum Gasteiger partial charge on any atom is 0.337 e. The predicted molar refractivity (Wildman–Crippen MR) is 189 cm³/mol. The van der Waals surface area contributed by atoms with Crippen LogP contribution >= 0.6 is 0 Å². The van der Waals surface area contributed by atoms with E-state index in [9.17, 15) is 14.3 Å². The molecule has 2 aromatic carbocycles. The second-order valence-electron chi connectivity index (χ2n) is 14.4. The first-order chi connectivity index (χ1) is 22.7. The van der Waals surface area contributed by atoms with E-state index in [1.807, 2.05) is 71.0 Å². The fraction of sp³-hybridized carbons (Fsp3) is 0.410. The van der Waals surface area contributed by atoms with E-state index in [0.717, 1.165) is 53.9 Å². The lowest BCUT2D eigenvalue weighted by Gasteiger charge is -2.41. The molecule has 1 aliphatic heterocycles. The summed E-state index contributed by atoms with van der Waals surface area (Å²) in [5.74, 6) is 0.580. The molecule has 0 aliphatic carbocycles. The van der Waals surface area contributed by atoms with E-state index < -0.39 is 17.7 Å². The van der Waals surface area contributed by atoms with Crippen molar-refractivity contribution in [3.05, 3.63) is 95.1 Å². The Balaban J connectivity index is 1.62. The number of halogens is 1. The molecule has 0 saturated carbocycles. The molecule has 1 saturated heterocycles. The molecule has 8 nitrogen and oxygen atoms in total. The normalized spacial score (nSPS) is 15.2. The van der Waals surface area contributed by atoms with Crippen LogP contribution in [0.4, 0.5) is 21.7 Å². The quantitative estimate of drug-likeness (QED) is 0.166. The zero-order chi connectivity index (χ0) is 34.6. The van der Waals surface area contributed by atoms with Crippen molar-refractivity contribution in [2.45, 2.75) is 79.4 Å². The number of aliphatic carboxylic acids is 1. The van der Waals surface area contributed by atoms with Gasteiger partial charge in [-0.3, -0.25) is 0 Å². The van der Waals surface area contributed by atoms with E-state index in [4.69, 9.17) is 14.5 Å². The van der Waals surface area contributed by atoms with Crippen LogP contribution in [0.1, 0.15) is 75.9 Å². The summed E-state index contributed by atoms with van der Waals surface area (Å²) in [6, 6.07) is 18.1. The van der Waals surface area contributed by atoms with Gasteiger partial charge in [-0.1, -0.05) is 44.2 Å². The number of carboxylic acids is 1. The van der Waals surface area contributed by atoms with Crippen molar-refractivity contribution in [1.82, 2.24) is 9.97 Å². The number of pyridine rings is 2. The number of rotatable bonds is 11. The summed E-state index contributed by atoms with van der Waals surface area (Å²) in [5.41, 5.74) is 5.04. The van der Waals surface area contributed by atoms with Gasteiger partial charge in [-0.25, -0.2) is 19.2 Å². The van der Waals surface area contributed by atoms with E-state index in [2.05, 4.69) is 29.0 Å². The number of carboxylic acid groups (broad SMARTS) is 1. The predicted octanol–water partition coefficient (Wildman–Crippen LogP) is 8.83. The molecule has 0 unspecified atom stereocenters. The number of hydrogen-bond acceptors (Lipinski definition) is 7. The highest BCUT2D eigenvalue weighted by Crippen LogP contribution is 2.47. The van der Waals surface area contributed by atoms with Gasteiger partial charge < -0.3 is 24.8 Å². The summed E-state index contributed by atoms with van der Waals surface area (Å²) in [6.45, 7) is 15.9. The minimum atomic E-state index is -1.23. The smallest absolute Gasteiger partial charge is 0.337 e. The average Bonchev–Trinajstić information content (AvgIpc) is 3.02. The van der Waals surface area contributed by atoms with Crippen molar-refractivity contribution in [3.8, 4) is 16.9 Å². The van der Waals surface area contributed by atoms with Gasteiger partial charge in [-0.05, 0) is 99.9 Å². The highest BCUT2D eigenvalue weighted by Gasteiger charge is 2.37. The second-order valence-corrected chi connectivity index (χ2v) is 14.4. The van der Waals surface area contributed by atoms with Crippen LogP contribution in [0, 0.1) is 25.1 Å². The zero-order valence-corrected chi connectivity index (χ0v) is 29.1. The summed E-state index contributed by atoms with van der Waals surface area (Å²) in [7, 11) is 0. The Morgan fingerprint density at radius 3 is 2.27 bits per heavy atom. The maximum absolute atomic E-state index is 13.3. The number of aromatic nitrogens is 2. The molecule has 2 aromatic heterocycles. The lowest BCUT2D eigenvalue weighted by Crippen LogP contribution is -2.39. The molecule has 1 aliphatic rings. The summed E-state index contributed by atoms with van der Waals surface area (Å²) in [6.07, 6.45) is 3.11. The number of aryl methyl sites for hydroxylation is 2. The molecule has 2 N–H and O–H groups in total. The molecule has 9 heteroatoms. The van der Waals surface area contributed by atoms with Crippen LogP contribution in [0.2, 0.25) is 0 Å². The third-order valence-electron chi connectivity index (χ3n) is 8.66. The van der Waals surface area contributed by atoms with Crippen molar-refractivity contribution in [2.75, 3.05) is 29.9 Å². The maximum atomic E-state index is 13.3. The number of nitrogens with one attached hydrogen (secondary N) is 1. The SMILES string of the molecule is Cc1ccc(Nc2nc(C)c([C@H](OC(C)(C)C)C(=O)O)c(N3CCC(C)(C)CC3)c2-c2ccc(OCCc3ccc(F)cc3)cc2)nc1. The number of nitrogens with zero attached hydrogens (tertiary/aromatic N) is 3. The number of ether oxygens (including phenoxy) is 2. The fourth-order valence-electron chi connectivity index (χ4n) is 5.95. The standard InChI is InChI=1S/C39H47FN4O4/c1-25-8-17-31(41-24-25)43-36-33(28-11-15-30(16-12-28)47-23-18-27-9-13-29(40)14-10-27)34(44-21-19-39(6,7)20-22-44)32(26(2)42-36)35(37(45)46)48-38(3,4)5/h8-17,24,35H,18-23H2,1-7H3,(H,45,46)(H,41,42,43)/t35-/m0/s1. The van der Waals surface area contributed by atoms with Gasteiger partial charge in [0.1, 0.15) is 23.2 Å². The van der Waals surface area contributed by atoms with Crippen LogP contribution in [-0.2, 0) is 16.0 Å². The van der Waals surface area contributed by atoms with Crippen molar-refractivity contribution >= 4 is 23.3 Å². The Morgan fingerprint density at radius 2 is 1.69 bits per heavy atom. The van der Waals surface area contributed by atoms with Crippen LogP contribution < -0.4 is 15.0 Å². The van der Waals surface area contributed by atoms with Gasteiger partial charge in [0.2, 0.25) is 0 Å². The fourth-order valence-corrected chi connectivity index (χ4v) is 5.95. The lowest BCUT2D eigenvalue weighted by molar-refractivity contribution is -0.160. The molecular formula is C39H47FN4O4. The van der Waals surface area contributed by atoms with Crippen molar-refractivity contribution in [2.24, 2.45) is 5.41 Å². The van der Waals surface area contributed by atoms with E-state index in [-0.39, 0.29) is 11.2 Å². The van der Waals surface area contributed by atoms with E-state index >= 15 is 0 Å². The molecule has 0 radical (unpaired) electrons. The van der Waals surface area contributed by atoms with Gasteiger partial charge in [-0.2, -0.15) is 0 Å². The van der Waals surface area contributed by atoms with Crippen LogP contribution in [0.3, 0.4) is 0 Å². The lowest BCUT2D eigenvalue weighted by atomic mass is 9.82. The first-order valence-corrected chi connectivity index (χ1v) is 16.6. The molecule has 48 heavy (non-hydrogen) atoms. The first-order valence-electron chi connectivity index (χ1n) is 16.6. The summed E-state index contributed by atoms with van der Waals surface area (Å²) in [5, 5.41) is 14.0. The Kier molecular flexibility index (Phi) is 10.4. The number of carbonyl (C=O) groups is 1. The molecular weight excluding hydrogens is 607 g/mol. The van der Waals surface area contributed by atoms with Crippen LogP contribution in [-0.4, -0.2) is 46.3 Å².